The second-order valence-electron chi connectivity index (χ2n) is 9.05. The Balaban J connectivity index is 1.43. The Morgan fingerprint density at radius 3 is 1.76 bits per heavy atom. The van der Waals surface area contributed by atoms with Gasteiger partial charge in [0, 0.05) is 22.0 Å². The number of nitrogens with one attached hydrogen (secondary N) is 2. The topological polar surface area (TPSA) is 97.0 Å². The molecule has 0 aliphatic carbocycles. The summed E-state index contributed by atoms with van der Waals surface area (Å²) in [5, 5.41) is 5.21. The molecular weight excluding hydrogens is 518 g/mol. The number of ether oxygens (including phenoxy) is 2. The van der Waals surface area contributed by atoms with E-state index < -0.39 is 12.2 Å². The number of carbonyl (C=O) groups is 3. The van der Waals surface area contributed by atoms with E-state index in [1.165, 1.54) is 0 Å². The van der Waals surface area contributed by atoms with E-state index in [-0.39, 0.29) is 19.1 Å². The van der Waals surface area contributed by atoms with Gasteiger partial charge in [-0.1, -0.05) is 103 Å². The molecule has 0 atom stereocenters. The van der Waals surface area contributed by atoms with E-state index in [9.17, 15) is 14.4 Å². The Morgan fingerprint density at radius 1 is 0.585 bits per heavy atom. The summed E-state index contributed by atoms with van der Waals surface area (Å²) in [4.78, 5) is 39.1. The normalized spacial score (nSPS) is 10.4. The highest BCUT2D eigenvalue weighted by atomic mass is 16.6. The number of hydrogen-bond acceptors (Lipinski definition) is 5. The SMILES string of the molecule is O=C(NN(C(=O)OCc1ccccc1)c1ccc(NC(=O)c2ccccc2)c2ccccc12)OCc1ccccc1. The fraction of sp³-hybridized carbons (Fsp3) is 0.0606. The second-order valence-corrected chi connectivity index (χ2v) is 9.05. The van der Waals surface area contributed by atoms with E-state index in [1.807, 2.05) is 78.9 Å². The first kappa shape index (κ1) is 27.0. The zero-order valence-electron chi connectivity index (χ0n) is 22.0. The molecule has 0 aliphatic rings. The molecule has 0 saturated carbocycles. The van der Waals surface area contributed by atoms with Crippen molar-refractivity contribution in [3.63, 3.8) is 0 Å². The third-order valence-corrected chi connectivity index (χ3v) is 6.23. The van der Waals surface area contributed by atoms with Crippen molar-refractivity contribution in [2.45, 2.75) is 13.2 Å². The molecule has 204 valence electrons. The summed E-state index contributed by atoms with van der Waals surface area (Å²) in [5.41, 5.74) is 5.51. The lowest BCUT2D eigenvalue weighted by atomic mass is 10.1. The first-order valence-corrected chi connectivity index (χ1v) is 12.9. The summed E-state index contributed by atoms with van der Waals surface area (Å²) in [6, 6.07) is 37.8. The Kier molecular flexibility index (Phi) is 8.51. The first-order chi connectivity index (χ1) is 20.1. The number of benzene rings is 5. The van der Waals surface area contributed by atoms with E-state index in [4.69, 9.17) is 9.47 Å². The number of fused-ring (bicyclic) bond motifs is 1. The van der Waals surface area contributed by atoms with Gasteiger partial charge in [0.25, 0.3) is 5.91 Å². The molecule has 5 aromatic carbocycles. The Labute approximate surface area is 237 Å². The number of nitrogens with zero attached hydrogens (tertiary/aromatic N) is 1. The largest absolute Gasteiger partial charge is 0.443 e. The fourth-order valence-corrected chi connectivity index (χ4v) is 4.21. The van der Waals surface area contributed by atoms with Crippen molar-refractivity contribution in [1.82, 2.24) is 5.43 Å². The maximum Gasteiger partial charge on any atom is 0.433 e. The molecule has 0 heterocycles. The highest BCUT2D eigenvalue weighted by Gasteiger charge is 2.24. The number of hydrogen-bond donors (Lipinski definition) is 2. The van der Waals surface area contributed by atoms with Crippen molar-refractivity contribution in [3.8, 4) is 0 Å². The number of hydrazine groups is 1. The summed E-state index contributed by atoms with van der Waals surface area (Å²) >= 11 is 0. The highest BCUT2D eigenvalue weighted by molar-refractivity contribution is 6.12. The van der Waals surface area contributed by atoms with Crippen LogP contribution in [-0.2, 0) is 22.7 Å². The summed E-state index contributed by atoms with van der Waals surface area (Å²) in [6.45, 7) is 0.0187. The molecule has 5 aromatic rings. The van der Waals surface area contributed by atoms with Gasteiger partial charge in [0.1, 0.15) is 13.2 Å². The van der Waals surface area contributed by atoms with Gasteiger partial charge in [-0.2, -0.15) is 5.01 Å². The molecule has 0 radical (unpaired) electrons. The van der Waals surface area contributed by atoms with Gasteiger partial charge in [0.15, 0.2) is 0 Å². The third kappa shape index (κ3) is 6.88. The zero-order valence-corrected chi connectivity index (χ0v) is 22.0. The standard InChI is InChI=1S/C33H27N3O5/c37-31(26-16-8-3-9-17-26)34-29-20-21-30(28-19-11-10-18-27(28)29)36(33(39)41-23-25-14-6-2-7-15-25)35-32(38)40-22-24-12-4-1-5-13-24/h1-21H,22-23H2,(H,34,37)(H,35,38). The summed E-state index contributed by atoms with van der Waals surface area (Å²) in [7, 11) is 0. The monoisotopic (exact) mass is 545 g/mol. The average molecular weight is 546 g/mol. The van der Waals surface area contributed by atoms with Crippen molar-refractivity contribution in [2.24, 2.45) is 0 Å². The van der Waals surface area contributed by atoms with E-state index in [0.29, 0.717) is 27.7 Å². The predicted molar refractivity (Wildman–Crippen MR) is 157 cm³/mol. The lowest BCUT2D eigenvalue weighted by molar-refractivity contribution is 0.102. The van der Waals surface area contributed by atoms with Gasteiger partial charge < -0.3 is 14.8 Å². The Bertz CT molecular complexity index is 1640. The number of amides is 3. The summed E-state index contributed by atoms with van der Waals surface area (Å²) in [6.07, 6.45) is -1.65. The molecule has 0 fully saturated rings. The molecule has 0 aromatic heterocycles. The van der Waals surface area contributed by atoms with Crippen molar-refractivity contribution in [3.05, 3.63) is 144 Å². The summed E-state index contributed by atoms with van der Waals surface area (Å²) < 4.78 is 10.9. The molecule has 8 nitrogen and oxygen atoms in total. The van der Waals surface area contributed by atoms with Gasteiger partial charge in [0.05, 0.1) is 5.69 Å². The molecule has 41 heavy (non-hydrogen) atoms. The molecule has 0 saturated heterocycles. The van der Waals surface area contributed by atoms with Crippen molar-refractivity contribution in [2.75, 3.05) is 10.3 Å². The molecular formula is C33H27N3O5. The van der Waals surface area contributed by atoms with Crippen LogP contribution in [0.15, 0.2) is 127 Å². The van der Waals surface area contributed by atoms with Crippen molar-refractivity contribution in [1.29, 1.82) is 0 Å². The molecule has 8 heteroatoms. The molecule has 0 unspecified atom stereocenters. The van der Waals surface area contributed by atoms with Crippen LogP contribution in [0, 0.1) is 0 Å². The van der Waals surface area contributed by atoms with Crippen LogP contribution in [0.5, 0.6) is 0 Å². The first-order valence-electron chi connectivity index (χ1n) is 12.9. The fourth-order valence-electron chi connectivity index (χ4n) is 4.21. The van der Waals surface area contributed by atoms with Crippen LogP contribution in [0.1, 0.15) is 21.5 Å². The maximum atomic E-state index is 13.4. The van der Waals surface area contributed by atoms with Crippen molar-refractivity contribution < 1.29 is 23.9 Å². The molecule has 3 amide bonds. The van der Waals surface area contributed by atoms with Crippen LogP contribution in [0.3, 0.4) is 0 Å². The van der Waals surface area contributed by atoms with Gasteiger partial charge in [-0.05, 0) is 35.4 Å². The van der Waals surface area contributed by atoms with Gasteiger partial charge in [-0.15, -0.1) is 0 Å². The number of rotatable bonds is 7. The van der Waals surface area contributed by atoms with Crippen LogP contribution >= 0.6 is 0 Å². The van der Waals surface area contributed by atoms with Crippen LogP contribution < -0.4 is 15.8 Å². The van der Waals surface area contributed by atoms with Crippen LogP contribution in [0.25, 0.3) is 10.8 Å². The lowest BCUT2D eigenvalue weighted by Crippen LogP contribution is -2.47. The zero-order chi connectivity index (χ0) is 28.4. The second kappa shape index (κ2) is 12.9. The highest BCUT2D eigenvalue weighted by Crippen LogP contribution is 2.32. The van der Waals surface area contributed by atoms with E-state index in [2.05, 4.69) is 10.7 Å². The van der Waals surface area contributed by atoms with E-state index >= 15 is 0 Å². The van der Waals surface area contributed by atoms with Gasteiger partial charge >= 0.3 is 12.2 Å². The van der Waals surface area contributed by atoms with Crippen LogP contribution in [0.2, 0.25) is 0 Å². The van der Waals surface area contributed by atoms with E-state index in [0.717, 1.165) is 16.1 Å². The average Bonchev–Trinajstić information content (AvgIpc) is 3.03. The van der Waals surface area contributed by atoms with Gasteiger partial charge in [0.2, 0.25) is 0 Å². The Hall–Kier alpha value is -5.63. The molecule has 0 spiro atoms. The molecule has 0 aliphatic heterocycles. The van der Waals surface area contributed by atoms with E-state index in [1.54, 1.807) is 48.5 Å². The number of carbonyl (C=O) groups excluding carboxylic acids is 3. The summed E-state index contributed by atoms with van der Waals surface area (Å²) in [5.74, 6) is -0.273. The molecule has 2 N–H and O–H groups in total. The van der Waals surface area contributed by atoms with Crippen molar-refractivity contribution >= 4 is 40.2 Å². The minimum Gasteiger partial charge on any atom is -0.443 e. The lowest BCUT2D eigenvalue weighted by Gasteiger charge is -2.24. The molecule has 0 bridgehead atoms. The maximum absolute atomic E-state index is 13.4. The van der Waals surface area contributed by atoms with Crippen LogP contribution in [0.4, 0.5) is 21.0 Å². The third-order valence-electron chi connectivity index (χ3n) is 6.23. The minimum absolute atomic E-state index is 0.0000649. The van der Waals surface area contributed by atoms with Gasteiger partial charge in [-0.3, -0.25) is 4.79 Å². The number of anilines is 2. The Morgan fingerprint density at radius 2 is 1.12 bits per heavy atom. The molecule has 5 rings (SSSR count). The minimum atomic E-state index is -0.837. The van der Waals surface area contributed by atoms with Gasteiger partial charge in [-0.25, -0.2) is 15.0 Å². The predicted octanol–water partition coefficient (Wildman–Crippen LogP) is 7.08. The quantitative estimate of drug-likeness (QED) is 0.213. The van der Waals surface area contributed by atoms with Crippen LogP contribution in [-0.4, -0.2) is 18.1 Å². The smallest absolute Gasteiger partial charge is 0.433 e.